The van der Waals surface area contributed by atoms with E-state index in [1.165, 1.54) is 12.1 Å². The maximum Gasteiger partial charge on any atom is 0.178 e. The number of aromatic hydroxyl groups is 1. The third-order valence-corrected chi connectivity index (χ3v) is 2.64. The normalized spacial score (nSPS) is 11.8. The number of hydrogen-bond acceptors (Lipinski definition) is 4. The van der Waals surface area contributed by atoms with E-state index in [4.69, 9.17) is 10.00 Å². The number of rotatable bonds is 4. The maximum absolute atomic E-state index is 12.1. The molecule has 0 atom stereocenters. The molecule has 0 bridgehead atoms. The van der Waals surface area contributed by atoms with Crippen LogP contribution in [0.25, 0.3) is 6.08 Å². The monoisotopic (exact) mass is 273 g/mol. The topological polar surface area (TPSA) is 70.3 Å². The zero-order valence-corrected chi connectivity index (χ0v) is 12.2. The minimum atomic E-state index is -0.610. The first-order valence-electron chi connectivity index (χ1n) is 6.42. The Labute approximate surface area is 119 Å². The van der Waals surface area contributed by atoms with Gasteiger partial charge in [0.05, 0.1) is 12.2 Å². The standard InChI is InChI=1S/C16H19NO3/c1-5-20-14-9-11(6-7-13(14)18)8-12(10-17)15(19)16(2,3)4/h6-9,18H,5H2,1-4H3/b12-8-. The smallest absolute Gasteiger partial charge is 0.178 e. The van der Waals surface area contributed by atoms with Crippen LogP contribution in [0, 0.1) is 16.7 Å². The quantitative estimate of drug-likeness (QED) is 0.675. The number of Topliss-reactive ketones (excluding diaryl/α,β-unsaturated/α-hetero) is 1. The van der Waals surface area contributed by atoms with Crippen molar-refractivity contribution >= 4 is 11.9 Å². The number of ether oxygens (including phenoxy) is 1. The van der Waals surface area contributed by atoms with Gasteiger partial charge in [-0.2, -0.15) is 5.26 Å². The van der Waals surface area contributed by atoms with Crippen LogP contribution in [-0.2, 0) is 4.79 Å². The summed E-state index contributed by atoms with van der Waals surface area (Å²) in [5.41, 5.74) is 0.118. The molecule has 4 nitrogen and oxygen atoms in total. The third-order valence-electron chi connectivity index (χ3n) is 2.64. The van der Waals surface area contributed by atoms with Crippen molar-refractivity contribution in [3.63, 3.8) is 0 Å². The highest BCUT2D eigenvalue weighted by atomic mass is 16.5. The minimum Gasteiger partial charge on any atom is -0.504 e. The fraction of sp³-hybridized carbons (Fsp3) is 0.375. The van der Waals surface area contributed by atoms with Crippen molar-refractivity contribution in [2.45, 2.75) is 27.7 Å². The van der Waals surface area contributed by atoms with Gasteiger partial charge in [-0.05, 0) is 30.7 Å². The molecule has 0 saturated carbocycles. The molecule has 4 heteroatoms. The number of carbonyl (C=O) groups excluding carboxylic acids is 1. The fourth-order valence-corrected chi connectivity index (χ4v) is 1.61. The molecule has 0 heterocycles. The van der Waals surface area contributed by atoms with Crippen molar-refractivity contribution in [2.75, 3.05) is 6.61 Å². The predicted molar refractivity (Wildman–Crippen MR) is 77.3 cm³/mol. The summed E-state index contributed by atoms with van der Waals surface area (Å²) in [6.07, 6.45) is 1.51. The van der Waals surface area contributed by atoms with E-state index in [9.17, 15) is 9.90 Å². The molecule has 0 amide bonds. The number of benzene rings is 1. The second-order valence-corrected chi connectivity index (χ2v) is 5.41. The Kier molecular flexibility index (Phi) is 4.93. The van der Waals surface area contributed by atoms with E-state index in [0.717, 1.165) is 0 Å². The second-order valence-electron chi connectivity index (χ2n) is 5.41. The molecule has 1 N–H and O–H groups in total. The van der Waals surface area contributed by atoms with Gasteiger partial charge < -0.3 is 9.84 Å². The SMILES string of the molecule is CCOc1cc(/C=C(/C#N)C(=O)C(C)(C)C)ccc1O. The summed E-state index contributed by atoms with van der Waals surface area (Å²) in [6, 6.07) is 6.64. The lowest BCUT2D eigenvalue weighted by atomic mass is 9.86. The fourth-order valence-electron chi connectivity index (χ4n) is 1.61. The van der Waals surface area contributed by atoms with Crippen molar-refractivity contribution in [3.05, 3.63) is 29.3 Å². The van der Waals surface area contributed by atoms with Gasteiger partial charge in [-0.1, -0.05) is 26.8 Å². The molecule has 0 aromatic heterocycles. The molecule has 0 aliphatic carbocycles. The van der Waals surface area contributed by atoms with Crippen LogP contribution in [0.3, 0.4) is 0 Å². The highest BCUT2D eigenvalue weighted by Gasteiger charge is 2.24. The van der Waals surface area contributed by atoms with Crippen LogP contribution in [0.2, 0.25) is 0 Å². The molecule has 0 fully saturated rings. The number of nitrogens with zero attached hydrogens (tertiary/aromatic N) is 1. The van der Waals surface area contributed by atoms with E-state index in [-0.39, 0.29) is 17.1 Å². The van der Waals surface area contributed by atoms with Gasteiger partial charge in [0.2, 0.25) is 0 Å². The first-order valence-corrected chi connectivity index (χ1v) is 6.42. The van der Waals surface area contributed by atoms with Crippen molar-refractivity contribution in [3.8, 4) is 17.6 Å². The van der Waals surface area contributed by atoms with Crippen LogP contribution in [0.15, 0.2) is 23.8 Å². The number of ketones is 1. The highest BCUT2D eigenvalue weighted by Crippen LogP contribution is 2.28. The average molecular weight is 273 g/mol. The number of nitriles is 1. The van der Waals surface area contributed by atoms with Gasteiger partial charge in [0.15, 0.2) is 17.3 Å². The molecular formula is C16H19NO3. The molecule has 1 aromatic carbocycles. The molecule has 0 unspecified atom stereocenters. The zero-order valence-electron chi connectivity index (χ0n) is 12.2. The average Bonchev–Trinajstić information content (AvgIpc) is 2.38. The van der Waals surface area contributed by atoms with E-state index in [1.54, 1.807) is 32.9 Å². The van der Waals surface area contributed by atoms with Gasteiger partial charge >= 0.3 is 0 Å². The summed E-state index contributed by atoms with van der Waals surface area (Å²) in [5, 5.41) is 18.7. The Hall–Kier alpha value is -2.28. The number of carbonyl (C=O) groups is 1. The van der Waals surface area contributed by atoms with Crippen LogP contribution < -0.4 is 4.74 Å². The molecule has 0 aliphatic rings. The minimum absolute atomic E-state index is 0.0321. The van der Waals surface area contributed by atoms with Crippen molar-refractivity contribution in [2.24, 2.45) is 5.41 Å². The zero-order chi connectivity index (χ0) is 15.3. The van der Waals surface area contributed by atoms with Crippen LogP contribution >= 0.6 is 0 Å². The van der Waals surface area contributed by atoms with Crippen molar-refractivity contribution < 1.29 is 14.6 Å². The van der Waals surface area contributed by atoms with E-state index in [1.807, 2.05) is 13.0 Å². The van der Waals surface area contributed by atoms with Gasteiger partial charge in [0, 0.05) is 5.41 Å². The first kappa shape index (κ1) is 15.8. The van der Waals surface area contributed by atoms with E-state index in [2.05, 4.69) is 0 Å². The van der Waals surface area contributed by atoms with E-state index >= 15 is 0 Å². The summed E-state index contributed by atoms with van der Waals surface area (Å²) in [6.45, 7) is 7.54. The van der Waals surface area contributed by atoms with Crippen LogP contribution in [0.5, 0.6) is 11.5 Å². The van der Waals surface area contributed by atoms with E-state index < -0.39 is 5.41 Å². The van der Waals surface area contributed by atoms with Crippen LogP contribution in [0.1, 0.15) is 33.3 Å². The molecule has 1 aromatic rings. The lowest BCUT2D eigenvalue weighted by molar-refractivity contribution is -0.121. The summed E-state index contributed by atoms with van der Waals surface area (Å²) in [7, 11) is 0. The Balaban J connectivity index is 3.18. The van der Waals surface area contributed by atoms with Gasteiger partial charge in [0.1, 0.15) is 6.07 Å². The number of hydrogen-bond donors (Lipinski definition) is 1. The highest BCUT2D eigenvalue weighted by molar-refractivity contribution is 6.06. The summed E-state index contributed by atoms with van der Waals surface area (Å²) in [5.74, 6) is 0.150. The predicted octanol–water partition coefficient (Wildman–Crippen LogP) is 3.31. The van der Waals surface area contributed by atoms with Gasteiger partial charge in [-0.25, -0.2) is 0 Å². The van der Waals surface area contributed by atoms with Gasteiger partial charge in [-0.15, -0.1) is 0 Å². The Morgan fingerprint density at radius 1 is 1.45 bits per heavy atom. The number of allylic oxidation sites excluding steroid dienone is 1. The van der Waals surface area contributed by atoms with Crippen LogP contribution in [0.4, 0.5) is 0 Å². The molecule has 0 aliphatic heterocycles. The lowest BCUT2D eigenvalue weighted by Crippen LogP contribution is -2.21. The second kappa shape index (κ2) is 6.25. The molecule has 20 heavy (non-hydrogen) atoms. The maximum atomic E-state index is 12.1. The summed E-state index contributed by atoms with van der Waals surface area (Å²) >= 11 is 0. The molecule has 0 spiro atoms. The lowest BCUT2D eigenvalue weighted by Gasteiger charge is -2.15. The third kappa shape index (κ3) is 3.86. The summed E-state index contributed by atoms with van der Waals surface area (Å²) in [4.78, 5) is 12.1. The summed E-state index contributed by atoms with van der Waals surface area (Å²) < 4.78 is 5.27. The van der Waals surface area contributed by atoms with E-state index in [0.29, 0.717) is 17.9 Å². The molecule has 1 rings (SSSR count). The molecule has 106 valence electrons. The largest absolute Gasteiger partial charge is 0.504 e. The molecule has 0 radical (unpaired) electrons. The number of phenolic OH excluding ortho intramolecular Hbond substituents is 1. The Morgan fingerprint density at radius 2 is 2.10 bits per heavy atom. The molecule has 0 saturated heterocycles. The Morgan fingerprint density at radius 3 is 2.60 bits per heavy atom. The van der Waals surface area contributed by atoms with Crippen LogP contribution in [-0.4, -0.2) is 17.5 Å². The van der Waals surface area contributed by atoms with Crippen molar-refractivity contribution in [1.29, 1.82) is 5.26 Å². The van der Waals surface area contributed by atoms with Gasteiger partial charge in [-0.3, -0.25) is 4.79 Å². The molecular weight excluding hydrogens is 254 g/mol. The van der Waals surface area contributed by atoms with Gasteiger partial charge in [0.25, 0.3) is 0 Å². The Bertz CT molecular complexity index is 574. The first-order chi connectivity index (χ1) is 9.29. The van der Waals surface area contributed by atoms with Crippen molar-refractivity contribution in [1.82, 2.24) is 0 Å². The number of phenols is 1.